The maximum absolute atomic E-state index is 14.3. The number of nitrogens with zero attached hydrogens (tertiary/aromatic N) is 4. The van der Waals surface area contributed by atoms with Crippen LogP contribution in [-0.2, 0) is 47.4 Å². The zero-order valence-electron chi connectivity index (χ0n) is 37.3. The Morgan fingerprint density at radius 2 is 1.59 bits per heavy atom. The average molecular weight is 964 g/mol. The van der Waals surface area contributed by atoms with Crippen molar-refractivity contribution in [3.05, 3.63) is 136 Å². The molecule has 2 heterocycles. The molecule has 4 unspecified atom stereocenters. The molecule has 5 aromatic rings. The van der Waals surface area contributed by atoms with Gasteiger partial charge in [0.25, 0.3) is 0 Å². The van der Waals surface area contributed by atoms with Crippen molar-refractivity contribution in [1.82, 2.24) is 40.6 Å². The van der Waals surface area contributed by atoms with E-state index in [1.54, 1.807) is 72.8 Å². The minimum Gasteiger partial charge on any atom is -0.480 e. The van der Waals surface area contributed by atoms with Crippen LogP contribution in [0.1, 0.15) is 42.3 Å². The Kier molecular flexibility index (Phi) is 18.4. The Morgan fingerprint density at radius 1 is 0.894 bits per heavy atom. The van der Waals surface area contributed by atoms with Crippen molar-refractivity contribution >= 4 is 59.4 Å². The second kappa shape index (κ2) is 23.7. The zero-order valence-corrected chi connectivity index (χ0v) is 39.6. The molecule has 0 radical (unpaired) electrons. The van der Waals surface area contributed by atoms with E-state index in [2.05, 4.69) is 26.3 Å². The summed E-state index contributed by atoms with van der Waals surface area (Å²) >= 11 is 12.6. The molecule has 1 aliphatic heterocycles. The summed E-state index contributed by atoms with van der Waals surface area (Å²) in [6.45, 7) is 2.39. The van der Waals surface area contributed by atoms with Crippen molar-refractivity contribution in [2.75, 3.05) is 33.8 Å². The molecule has 6 N–H and O–H groups in total. The molecule has 0 bridgehead atoms. The Balaban J connectivity index is 0.00000817. The van der Waals surface area contributed by atoms with Crippen LogP contribution >= 0.6 is 35.6 Å². The molecule has 15 nitrogen and oxygen atoms in total. The summed E-state index contributed by atoms with van der Waals surface area (Å²) in [7, 11) is 5.92. The number of aliphatic carboxylic acids is 1. The SMILES string of the molecule is CC(C(=O)NC(CO)C(=O)NC1(Cc2ccc(Cl)cc2)CCCNC1)N(Cc1ccc(Cl)cc1Oc1ccc(-c2cnc(CN(C)C)n2C)cc1)C(=O)NC(Cc1ccccc1)C(=O)O.Cl. The van der Waals surface area contributed by atoms with Gasteiger partial charge in [0.15, 0.2) is 0 Å². The Bertz CT molecular complexity index is 2410. The topological polar surface area (TPSA) is 190 Å². The van der Waals surface area contributed by atoms with Gasteiger partial charge in [0, 0.05) is 41.2 Å². The van der Waals surface area contributed by atoms with Gasteiger partial charge < -0.3 is 50.6 Å². The molecule has 18 heteroatoms. The number of benzene rings is 4. The first-order valence-corrected chi connectivity index (χ1v) is 22.1. The third kappa shape index (κ3) is 13.7. The van der Waals surface area contributed by atoms with E-state index in [0.29, 0.717) is 52.9 Å². The predicted octanol–water partition coefficient (Wildman–Crippen LogP) is 6.22. The minimum absolute atomic E-state index is 0. The van der Waals surface area contributed by atoms with Gasteiger partial charge in [-0.25, -0.2) is 14.6 Å². The summed E-state index contributed by atoms with van der Waals surface area (Å²) in [6.07, 6.45) is 3.70. The molecule has 1 fully saturated rings. The average Bonchev–Trinajstić information content (AvgIpc) is 3.64. The molecule has 1 aromatic heterocycles. The van der Waals surface area contributed by atoms with Crippen molar-refractivity contribution < 1.29 is 34.1 Å². The second-order valence-electron chi connectivity index (χ2n) is 16.7. The monoisotopic (exact) mass is 962 g/mol. The van der Waals surface area contributed by atoms with E-state index in [-0.39, 0.29) is 31.1 Å². The fourth-order valence-corrected chi connectivity index (χ4v) is 8.10. The number of piperidine rings is 1. The standard InChI is InChI=1S/C48H56Cl2N8O7.ClH/c1-31(44(60)53-40(29-59)45(61)55-48(21-8-22-51-30-48)25-33-11-16-36(49)17-12-33)58(47(64)54-39(46(62)63)23-32-9-6-5-7-10-32)27-35-13-18-37(50)24-42(35)65-38-19-14-34(15-20-38)41-26-52-43(57(41)4)28-56(2)3;/h5-7,9-20,24,26,31,39-40,51,59H,8,21-23,25,27-30H2,1-4H3,(H,53,60)(H,54,64)(H,55,61)(H,62,63);1H. The number of aromatic nitrogens is 2. The number of aliphatic hydroxyl groups is 1. The van der Waals surface area contributed by atoms with E-state index in [0.717, 1.165) is 40.5 Å². The highest BCUT2D eigenvalue weighted by molar-refractivity contribution is 6.31. The summed E-state index contributed by atoms with van der Waals surface area (Å²) in [5, 5.41) is 33.3. The Labute approximate surface area is 401 Å². The van der Waals surface area contributed by atoms with Crippen molar-refractivity contribution in [3.8, 4) is 22.8 Å². The molecule has 6 rings (SSSR count). The highest BCUT2D eigenvalue weighted by Crippen LogP contribution is 2.32. The maximum atomic E-state index is 14.3. The summed E-state index contributed by atoms with van der Waals surface area (Å²) < 4.78 is 8.39. The lowest BCUT2D eigenvalue weighted by atomic mass is 9.83. The van der Waals surface area contributed by atoms with Gasteiger partial charge in [-0.3, -0.25) is 9.59 Å². The molecule has 4 aromatic carbocycles. The van der Waals surface area contributed by atoms with Gasteiger partial charge in [-0.1, -0.05) is 71.7 Å². The zero-order chi connectivity index (χ0) is 46.7. The number of aliphatic hydroxyl groups excluding tert-OH is 1. The van der Waals surface area contributed by atoms with Crippen molar-refractivity contribution in [2.24, 2.45) is 7.05 Å². The number of halogens is 3. The minimum atomic E-state index is -1.38. The number of hydrogen-bond donors (Lipinski definition) is 6. The lowest BCUT2D eigenvalue weighted by molar-refractivity contribution is -0.139. The number of carboxylic acids is 1. The molecule has 0 spiro atoms. The molecule has 352 valence electrons. The van der Waals surface area contributed by atoms with Crippen LogP contribution in [0.25, 0.3) is 11.3 Å². The van der Waals surface area contributed by atoms with E-state index in [4.69, 9.17) is 27.9 Å². The van der Waals surface area contributed by atoms with Gasteiger partial charge >= 0.3 is 12.0 Å². The molecule has 66 heavy (non-hydrogen) atoms. The molecule has 1 aliphatic rings. The first kappa shape index (κ1) is 51.3. The highest BCUT2D eigenvalue weighted by Gasteiger charge is 2.37. The van der Waals surface area contributed by atoms with Crippen LogP contribution in [-0.4, -0.2) is 111 Å². The number of ether oxygens (including phenoxy) is 1. The summed E-state index contributed by atoms with van der Waals surface area (Å²) in [6, 6.07) is 23.5. The van der Waals surface area contributed by atoms with Gasteiger partial charge in [-0.15, -0.1) is 12.4 Å². The van der Waals surface area contributed by atoms with Crippen LogP contribution in [0.5, 0.6) is 11.5 Å². The fourth-order valence-electron chi connectivity index (χ4n) is 7.81. The highest BCUT2D eigenvalue weighted by atomic mass is 35.5. The van der Waals surface area contributed by atoms with Crippen molar-refractivity contribution in [2.45, 2.75) is 69.4 Å². The van der Waals surface area contributed by atoms with Gasteiger partial charge in [0.2, 0.25) is 11.8 Å². The Morgan fingerprint density at radius 3 is 2.23 bits per heavy atom. The quantitative estimate of drug-likeness (QED) is 0.0554. The first-order valence-electron chi connectivity index (χ1n) is 21.4. The first-order chi connectivity index (χ1) is 31.1. The second-order valence-corrected chi connectivity index (χ2v) is 17.5. The van der Waals surface area contributed by atoms with Crippen LogP contribution in [0.15, 0.2) is 103 Å². The number of urea groups is 1. The van der Waals surface area contributed by atoms with E-state index < -0.39 is 54.1 Å². The van der Waals surface area contributed by atoms with Gasteiger partial charge in [-0.2, -0.15) is 0 Å². The van der Waals surface area contributed by atoms with Crippen LogP contribution in [0.4, 0.5) is 4.79 Å². The number of carbonyl (C=O) groups excluding carboxylic acids is 3. The number of carbonyl (C=O) groups is 4. The van der Waals surface area contributed by atoms with Gasteiger partial charge in [0.05, 0.1) is 37.1 Å². The third-order valence-electron chi connectivity index (χ3n) is 11.4. The summed E-state index contributed by atoms with van der Waals surface area (Å²) in [4.78, 5) is 62.7. The molecular formula is C48H57Cl3N8O7. The van der Waals surface area contributed by atoms with Gasteiger partial charge in [0.1, 0.15) is 35.4 Å². The third-order valence-corrected chi connectivity index (χ3v) is 11.9. The number of carboxylic acid groups (broad SMARTS) is 1. The molecule has 0 saturated carbocycles. The molecule has 1 saturated heterocycles. The van der Waals surface area contributed by atoms with Crippen LogP contribution in [0.2, 0.25) is 10.0 Å². The number of rotatable bonds is 19. The molecule has 0 aliphatic carbocycles. The van der Waals surface area contributed by atoms with Crippen molar-refractivity contribution in [1.29, 1.82) is 0 Å². The smallest absolute Gasteiger partial charge is 0.326 e. The van der Waals surface area contributed by atoms with E-state index in [1.807, 2.05) is 61.1 Å². The van der Waals surface area contributed by atoms with Crippen LogP contribution in [0.3, 0.4) is 0 Å². The van der Waals surface area contributed by atoms with E-state index in [1.165, 1.54) is 6.92 Å². The van der Waals surface area contributed by atoms with Crippen LogP contribution < -0.4 is 26.0 Å². The number of amides is 4. The summed E-state index contributed by atoms with van der Waals surface area (Å²) in [5.41, 5.74) is 3.18. The number of imidazole rings is 1. The normalized spacial score (nSPS) is 16.0. The van der Waals surface area contributed by atoms with E-state index >= 15 is 0 Å². The van der Waals surface area contributed by atoms with Crippen molar-refractivity contribution in [3.63, 3.8) is 0 Å². The molecule has 4 amide bonds. The summed E-state index contributed by atoms with van der Waals surface area (Å²) in [5.74, 6) is -1.00. The van der Waals surface area contributed by atoms with E-state index in [9.17, 15) is 29.4 Å². The Hall–Kier alpha value is -5.68. The van der Waals surface area contributed by atoms with Crippen LogP contribution in [0, 0.1) is 0 Å². The number of nitrogens with one attached hydrogen (secondary N) is 4. The molecule has 4 atom stereocenters. The largest absolute Gasteiger partial charge is 0.480 e. The molecular weight excluding hydrogens is 907 g/mol. The fraction of sp³-hybridized carbons (Fsp3) is 0.354. The maximum Gasteiger partial charge on any atom is 0.326 e. The lowest BCUT2D eigenvalue weighted by Crippen LogP contribution is -2.64. The predicted molar refractivity (Wildman–Crippen MR) is 257 cm³/mol. The lowest BCUT2D eigenvalue weighted by Gasteiger charge is -2.40. The van der Waals surface area contributed by atoms with Gasteiger partial charge in [-0.05, 0) is 106 Å². The number of hydrogen-bond acceptors (Lipinski definition) is 9.